The molecular formula is C14H8Cl2F2N2O2S. The lowest BCUT2D eigenvalue weighted by molar-refractivity contribution is 0.584. The van der Waals surface area contributed by atoms with Crippen molar-refractivity contribution in [3.63, 3.8) is 0 Å². The Hall–Kier alpha value is -1.83. The fraction of sp³-hybridized carbons (Fsp3) is 0. The quantitative estimate of drug-likeness (QED) is 0.658. The smallest absolute Gasteiger partial charge is 0.264 e. The Kier molecular flexibility index (Phi) is 3.95. The standard InChI is InChI=1S/C14H8Cl2F2N2O2S/c15-7-1-2-9-11(3-7)19-6-13(9)23(21,22)20-12-5-8(17)4-10(18)14(12)16/h1-6,19-20H. The molecule has 0 spiro atoms. The summed E-state index contributed by atoms with van der Waals surface area (Å²) < 4.78 is 53.7. The summed E-state index contributed by atoms with van der Waals surface area (Å²) in [7, 11) is -4.11. The summed E-state index contributed by atoms with van der Waals surface area (Å²) in [6.45, 7) is 0. The minimum absolute atomic E-state index is 0.0927. The summed E-state index contributed by atoms with van der Waals surface area (Å²) in [6.07, 6.45) is 1.26. The highest BCUT2D eigenvalue weighted by Gasteiger charge is 2.21. The maximum Gasteiger partial charge on any atom is 0.264 e. The molecule has 9 heteroatoms. The van der Waals surface area contributed by atoms with Gasteiger partial charge in [0.25, 0.3) is 10.0 Å². The van der Waals surface area contributed by atoms with E-state index in [-0.39, 0.29) is 10.6 Å². The predicted molar refractivity (Wildman–Crippen MR) is 85.5 cm³/mol. The lowest BCUT2D eigenvalue weighted by Gasteiger charge is -2.09. The van der Waals surface area contributed by atoms with Crippen molar-refractivity contribution < 1.29 is 17.2 Å². The first-order valence-electron chi connectivity index (χ1n) is 6.22. The topological polar surface area (TPSA) is 62.0 Å². The average molecular weight is 377 g/mol. The Morgan fingerprint density at radius 2 is 1.83 bits per heavy atom. The van der Waals surface area contributed by atoms with E-state index in [1.807, 2.05) is 0 Å². The van der Waals surface area contributed by atoms with Crippen molar-refractivity contribution in [3.05, 3.63) is 58.2 Å². The molecule has 1 aromatic heterocycles. The number of hydrogen-bond acceptors (Lipinski definition) is 2. The van der Waals surface area contributed by atoms with Gasteiger partial charge in [-0.3, -0.25) is 4.72 Å². The van der Waals surface area contributed by atoms with Crippen LogP contribution in [0.2, 0.25) is 10.0 Å². The monoisotopic (exact) mass is 376 g/mol. The number of halogens is 4. The zero-order valence-corrected chi connectivity index (χ0v) is 13.5. The molecule has 3 rings (SSSR count). The Balaban J connectivity index is 2.08. The molecule has 0 atom stereocenters. The van der Waals surface area contributed by atoms with E-state index in [4.69, 9.17) is 23.2 Å². The van der Waals surface area contributed by atoms with Crippen molar-refractivity contribution in [1.82, 2.24) is 4.98 Å². The number of benzene rings is 2. The molecule has 0 saturated heterocycles. The second kappa shape index (κ2) is 5.67. The van der Waals surface area contributed by atoms with Crippen molar-refractivity contribution in [3.8, 4) is 0 Å². The van der Waals surface area contributed by atoms with Gasteiger partial charge in [0.2, 0.25) is 0 Å². The normalized spacial score (nSPS) is 11.8. The zero-order valence-electron chi connectivity index (χ0n) is 11.2. The number of anilines is 1. The Morgan fingerprint density at radius 3 is 2.57 bits per heavy atom. The van der Waals surface area contributed by atoms with Gasteiger partial charge in [-0.15, -0.1) is 0 Å². The van der Waals surface area contributed by atoms with Crippen LogP contribution in [0.25, 0.3) is 10.9 Å². The van der Waals surface area contributed by atoms with Crippen molar-refractivity contribution in [2.45, 2.75) is 4.90 Å². The molecule has 0 amide bonds. The van der Waals surface area contributed by atoms with E-state index < -0.39 is 26.7 Å². The van der Waals surface area contributed by atoms with Crippen molar-refractivity contribution in [2.24, 2.45) is 0 Å². The Bertz CT molecular complexity index is 1020. The van der Waals surface area contributed by atoms with Gasteiger partial charge in [-0.25, -0.2) is 17.2 Å². The number of sulfonamides is 1. The molecule has 0 aliphatic rings. The third-order valence-electron chi connectivity index (χ3n) is 3.13. The van der Waals surface area contributed by atoms with Gasteiger partial charge >= 0.3 is 0 Å². The Morgan fingerprint density at radius 1 is 1.09 bits per heavy atom. The van der Waals surface area contributed by atoms with Gasteiger partial charge in [-0.1, -0.05) is 23.2 Å². The first kappa shape index (κ1) is 16.0. The first-order chi connectivity index (χ1) is 10.8. The molecule has 3 aromatic rings. The van der Waals surface area contributed by atoms with Crippen LogP contribution < -0.4 is 4.72 Å². The van der Waals surface area contributed by atoms with Gasteiger partial charge in [-0.05, 0) is 24.3 Å². The largest absolute Gasteiger partial charge is 0.360 e. The summed E-state index contributed by atoms with van der Waals surface area (Å²) in [5.41, 5.74) is 0.127. The molecule has 2 N–H and O–H groups in total. The zero-order chi connectivity index (χ0) is 16.8. The van der Waals surface area contributed by atoms with Crippen LogP contribution in [0.1, 0.15) is 0 Å². The molecule has 0 aliphatic carbocycles. The van der Waals surface area contributed by atoms with Crippen molar-refractivity contribution >= 4 is 49.8 Å². The molecule has 0 bridgehead atoms. The molecule has 0 unspecified atom stereocenters. The summed E-state index contributed by atoms with van der Waals surface area (Å²) in [5, 5.41) is 0.305. The van der Waals surface area contributed by atoms with E-state index in [1.165, 1.54) is 18.3 Å². The van der Waals surface area contributed by atoms with Crippen LogP contribution in [0, 0.1) is 11.6 Å². The molecule has 120 valence electrons. The molecule has 2 aromatic carbocycles. The predicted octanol–water partition coefficient (Wildman–Crippen LogP) is 4.55. The number of H-pyrrole nitrogens is 1. The molecule has 1 heterocycles. The number of nitrogens with one attached hydrogen (secondary N) is 2. The van der Waals surface area contributed by atoms with E-state index in [1.54, 1.807) is 6.07 Å². The SMILES string of the molecule is O=S(=O)(Nc1cc(F)cc(F)c1Cl)c1c[nH]c2cc(Cl)ccc12. The minimum atomic E-state index is -4.11. The lowest BCUT2D eigenvalue weighted by Crippen LogP contribution is -2.13. The number of aromatic amines is 1. The van der Waals surface area contributed by atoms with E-state index in [0.29, 0.717) is 22.0 Å². The molecule has 4 nitrogen and oxygen atoms in total. The minimum Gasteiger partial charge on any atom is -0.360 e. The summed E-state index contributed by atoms with van der Waals surface area (Å²) in [6, 6.07) is 5.98. The second-order valence-corrected chi connectivity index (χ2v) is 7.16. The van der Waals surface area contributed by atoms with Gasteiger partial charge in [0, 0.05) is 28.2 Å². The number of fused-ring (bicyclic) bond motifs is 1. The van der Waals surface area contributed by atoms with Crippen LogP contribution in [0.15, 0.2) is 41.4 Å². The Labute approximate surface area is 140 Å². The maximum absolute atomic E-state index is 13.4. The highest BCUT2D eigenvalue weighted by molar-refractivity contribution is 7.93. The highest BCUT2D eigenvalue weighted by Crippen LogP contribution is 2.31. The summed E-state index contributed by atoms with van der Waals surface area (Å²) >= 11 is 11.5. The second-order valence-electron chi connectivity index (χ2n) is 4.70. The van der Waals surface area contributed by atoms with Crippen molar-refractivity contribution in [1.29, 1.82) is 0 Å². The van der Waals surface area contributed by atoms with Crippen LogP contribution in [-0.4, -0.2) is 13.4 Å². The number of aromatic nitrogens is 1. The van der Waals surface area contributed by atoms with Crippen LogP contribution in [0.5, 0.6) is 0 Å². The van der Waals surface area contributed by atoms with Crippen LogP contribution in [0.3, 0.4) is 0 Å². The van der Waals surface area contributed by atoms with E-state index >= 15 is 0 Å². The highest BCUT2D eigenvalue weighted by atomic mass is 35.5. The van der Waals surface area contributed by atoms with Gasteiger partial charge in [0.15, 0.2) is 0 Å². The van der Waals surface area contributed by atoms with Crippen LogP contribution in [-0.2, 0) is 10.0 Å². The fourth-order valence-electron chi connectivity index (χ4n) is 2.12. The third-order valence-corrected chi connectivity index (χ3v) is 5.16. The average Bonchev–Trinajstić information content (AvgIpc) is 2.87. The van der Waals surface area contributed by atoms with E-state index in [2.05, 4.69) is 9.71 Å². The molecule has 0 radical (unpaired) electrons. The molecule has 0 saturated carbocycles. The fourth-order valence-corrected chi connectivity index (χ4v) is 3.75. The van der Waals surface area contributed by atoms with Gasteiger partial charge in [-0.2, -0.15) is 0 Å². The van der Waals surface area contributed by atoms with Crippen molar-refractivity contribution in [2.75, 3.05) is 4.72 Å². The molecule has 23 heavy (non-hydrogen) atoms. The summed E-state index contributed by atoms with van der Waals surface area (Å²) in [5.74, 6) is -2.01. The summed E-state index contributed by atoms with van der Waals surface area (Å²) in [4.78, 5) is 2.68. The number of rotatable bonds is 3. The lowest BCUT2D eigenvalue weighted by atomic mass is 10.2. The number of hydrogen-bond donors (Lipinski definition) is 2. The molecule has 0 fully saturated rings. The van der Waals surface area contributed by atoms with E-state index in [9.17, 15) is 17.2 Å². The van der Waals surface area contributed by atoms with Gasteiger partial charge in [0.05, 0.1) is 5.69 Å². The van der Waals surface area contributed by atoms with Gasteiger partial charge < -0.3 is 4.98 Å². The van der Waals surface area contributed by atoms with Gasteiger partial charge in [0.1, 0.15) is 21.6 Å². The molecular weight excluding hydrogens is 369 g/mol. The van der Waals surface area contributed by atoms with Crippen LogP contribution >= 0.6 is 23.2 Å². The van der Waals surface area contributed by atoms with E-state index in [0.717, 1.165) is 6.07 Å². The third kappa shape index (κ3) is 2.99. The molecule has 0 aliphatic heterocycles. The first-order valence-corrected chi connectivity index (χ1v) is 8.46. The maximum atomic E-state index is 13.4. The van der Waals surface area contributed by atoms with Crippen LogP contribution in [0.4, 0.5) is 14.5 Å².